The summed E-state index contributed by atoms with van der Waals surface area (Å²) >= 11 is 0. The Balaban J connectivity index is 3.00. The van der Waals surface area contributed by atoms with Crippen LogP contribution in [0.2, 0.25) is 0 Å². The number of ketones is 2. The summed E-state index contributed by atoms with van der Waals surface area (Å²) < 4.78 is 22.8. The van der Waals surface area contributed by atoms with E-state index in [1.807, 2.05) is 54.2 Å². The number of ether oxygens (including phenoxy) is 4. The summed E-state index contributed by atoms with van der Waals surface area (Å²) in [5, 5.41) is 8.91. The van der Waals surface area contributed by atoms with Gasteiger partial charge >= 0.3 is 17.9 Å². The third-order valence-corrected chi connectivity index (χ3v) is 10.7. The average molecular weight is 912 g/mol. The number of hydrogen-bond donors (Lipinski definition) is 3. The third kappa shape index (κ3) is 24.7. The lowest BCUT2D eigenvalue weighted by molar-refractivity contribution is -0.158. The van der Waals surface area contributed by atoms with Crippen LogP contribution < -0.4 is 16.0 Å². The van der Waals surface area contributed by atoms with E-state index in [2.05, 4.69) is 16.0 Å². The second-order valence-electron chi connectivity index (χ2n) is 20.2. The third-order valence-electron chi connectivity index (χ3n) is 10.7. The summed E-state index contributed by atoms with van der Waals surface area (Å²) in [7, 11) is 0. The van der Waals surface area contributed by atoms with Crippen molar-refractivity contribution in [3.63, 3.8) is 0 Å². The highest BCUT2D eigenvalue weighted by molar-refractivity contribution is 5.92. The van der Waals surface area contributed by atoms with Crippen LogP contribution in [0.4, 0.5) is 0 Å². The molecule has 18 heteroatoms. The summed E-state index contributed by atoms with van der Waals surface area (Å²) in [4.78, 5) is 98.4. The average Bonchev–Trinajstić information content (AvgIpc) is 3.14. The van der Waals surface area contributed by atoms with E-state index in [0.717, 1.165) is 0 Å². The number of Topliss-reactive ketones (excluding diaryl/α,β-unsaturated/α-hetero) is 2. The monoisotopic (exact) mass is 912 g/mol. The molecule has 1 heterocycles. The molecule has 1 rings (SSSR count). The van der Waals surface area contributed by atoms with Crippen molar-refractivity contribution in [2.45, 2.75) is 157 Å². The van der Waals surface area contributed by atoms with Crippen molar-refractivity contribution in [1.29, 1.82) is 0 Å². The molecule has 1 fully saturated rings. The van der Waals surface area contributed by atoms with Crippen LogP contribution in [0.3, 0.4) is 0 Å². The van der Waals surface area contributed by atoms with Crippen LogP contribution in [0.5, 0.6) is 0 Å². The van der Waals surface area contributed by atoms with Crippen LogP contribution in [0.25, 0.3) is 0 Å². The van der Waals surface area contributed by atoms with Crippen molar-refractivity contribution >= 4 is 41.3 Å². The van der Waals surface area contributed by atoms with Gasteiger partial charge in [0.2, 0.25) is 11.8 Å². The number of nitrogens with zero attached hydrogens (tertiary/aromatic N) is 4. The van der Waals surface area contributed by atoms with Gasteiger partial charge in [-0.1, -0.05) is 13.8 Å². The number of carbonyl (C=O) groups excluding carboxylic acids is 7. The second kappa shape index (κ2) is 26.6. The first-order valence-corrected chi connectivity index (χ1v) is 23.0. The molecule has 1 aliphatic heterocycles. The van der Waals surface area contributed by atoms with Gasteiger partial charge in [-0.05, 0) is 103 Å². The van der Waals surface area contributed by atoms with Crippen LogP contribution in [-0.2, 0) is 52.5 Å². The van der Waals surface area contributed by atoms with Crippen LogP contribution in [0.1, 0.15) is 123 Å². The number of carbonyl (C=O) groups is 7. The van der Waals surface area contributed by atoms with Gasteiger partial charge in [-0.25, -0.2) is 0 Å². The summed E-state index contributed by atoms with van der Waals surface area (Å²) in [5.74, 6) is -2.05. The van der Waals surface area contributed by atoms with Gasteiger partial charge in [0.1, 0.15) is 28.5 Å². The summed E-state index contributed by atoms with van der Waals surface area (Å²) in [6.07, 6.45) is 0.126. The highest BCUT2D eigenvalue weighted by Gasteiger charge is 2.39. The highest BCUT2D eigenvalue weighted by Crippen LogP contribution is 2.23. The molecule has 3 atom stereocenters. The van der Waals surface area contributed by atoms with Gasteiger partial charge in [0.25, 0.3) is 0 Å². The van der Waals surface area contributed by atoms with E-state index in [9.17, 15) is 33.6 Å². The molecule has 0 aromatic rings. The molecule has 2 unspecified atom stereocenters. The first-order chi connectivity index (χ1) is 29.4. The summed E-state index contributed by atoms with van der Waals surface area (Å²) in [6.45, 7) is 30.5. The molecule has 1 aliphatic rings. The Kier molecular flexibility index (Phi) is 24.3. The molecule has 370 valence electrons. The van der Waals surface area contributed by atoms with Crippen molar-refractivity contribution < 1.29 is 52.5 Å². The second-order valence-corrected chi connectivity index (χ2v) is 20.2. The van der Waals surface area contributed by atoms with E-state index in [4.69, 9.17) is 18.9 Å². The molecule has 0 aliphatic carbocycles. The largest absolute Gasteiger partial charge is 0.459 e. The molecule has 0 aromatic heterocycles. The van der Waals surface area contributed by atoms with Crippen molar-refractivity contribution in [2.75, 3.05) is 98.2 Å². The van der Waals surface area contributed by atoms with E-state index >= 15 is 0 Å². The standard InChI is InChI=1S/C46H85N7O11/c1-16-45(14,41(60)34(3)61-46(15,17-2)35(4)54)49-21-20-48-36(55)18-19-47-37(56)30-50-22-24-51(31-38(57)62-42(5,6)7)26-28-53(33-40(59)64-44(11,12)13)29-27-52(25-23-50)32-39(58)63-43(8,9)10/h34,49H,16-33H2,1-15H3,(H,47,56)(H,48,55)/t34-,45?,46?/m1/s1. The molecule has 3 N–H and O–H groups in total. The van der Waals surface area contributed by atoms with Gasteiger partial charge in [-0.3, -0.25) is 53.2 Å². The number of esters is 3. The van der Waals surface area contributed by atoms with E-state index in [1.54, 1.807) is 62.3 Å². The number of rotatable bonds is 22. The maximum atomic E-state index is 13.4. The SMILES string of the molecule is CCC(C)(NCCNC(=O)CCNC(=O)CN1CCN(CC(=O)OC(C)(C)C)CCN(CC(=O)OC(C)(C)C)CCN(CC(=O)OC(C)(C)C)CC1)C(=O)[C@@H](C)OC(C)(CC)C(C)=O. The minimum absolute atomic E-state index is 0.00640. The molecule has 1 saturated heterocycles. The lowest BCUT2D eigenvalue weighted by Crippen LogP contribution is -2.56. The lowest BCUT2D eigenvalue weighted by atomic mass is 9.89. The van der Waals surface area contributed by atoms with Crippen molar-refractivity contribution in [1.82, 2.24) is 35.6 Å². The first-order valence-electron chi connectivity index (χ1n) is 23.0. The highest BCUT2D eigenvalue weighted by atomic mass is 16.6. The predicted molar refractivity (Wildman–Crippen MR) is 246 cm³/mol. The van der Waals surface area contributed by atoms with E-state index in [1.165, 1.54) is 6.92 Å². The molecule has 0 radical (unpaired) electrons. The van der Waals surface area contributed by atoms with E-state index in [-0.39, 0.29) is 75.0 Å². The number of amides is 2. The molecular formula is C46H85N7O11. The molecule has 0 spiro atoms. The predicted octanol–water partition coefficient (Wildman–Crippen LogP) is 2.35. The molecule has 64 heavy (non-hydrogen) atoms. The molecule has 0 aromatic carbocycles. The zero-order valence-electron chi connectivity index (χ0n) is 42.1. The molecule has 0 bridgehead atoms. The Morgan fingerprint density at radius 3 is 1.20 bits per heavy atom. The van der Waals surface area contributed by atoms with Crippen LogP contribution in [-0.4, -0.2) is 193 Å². The fourth-order valence-corrected chi connectivity index (χ4v) is 6.78. The van der Waals surface area contributed by atoms with Gasteiger partial charge in [0, 0.05) is 78.4 Å². The van der Waals surface area contributed by atoms with Gasteiger partial charge in [0.05, 0.1) is 31.7 Å². The van der Waals surface area contributed by atoms with Crippen LogP contribution in [0, 0.1) is 0 Å². The van der Waals surface area contributed by atoms with Crippen LogP contribution >= 0.6 is 0 Å². The molecule has 2 amide bonds. The summed E-state index contributed by atoms with van der Waals surface area (Å²) in [6, 6.07) is 0. The van der Waals surface area contributed by atoms with Crippen molar-refractivity contribution in [2.24, 2.45) is 0 Å². The lowest BCUT2D eigenvalue weighted by Gasteiger charge is -2.35. The smallest absolute Gasteiger partial charge is 0.320 e. The fourth-order valence-electron chi connectivity index (χ4n) is 6.78. The van der Waals surface area contributed by atoms with Gasteiger partial charge in [-0.2, -0.15) is 0 Å². The fraction of sp³-hybridized carbons (Fsp3) is 0.848. The maximum absolute atomic E-state index is 13.4. The van der Waals surface area contributed by atoms with Gasteiger partial charge < -0.3 is 34.9 Å². The minimum Gasteiger partial charge on any atom is -0.459 e. The maximum Gasteiger partial charge on any atom is 0.320 e. The normalized spacial score (nSPS) is 18.2. The molecule has 18 nitrogen and oxygen atoms in total. The summed E-state index contributed by atoms with van der Waals surface area (Å²) in [5.41, 5.74) is -4.01. The van der Waals surface area contributed by atoms with Crippen LogP contribution in [0.15, 0.2) is 0 Å². The molecular weight excluding hydrogens is 827 g/mol. The quantitative estimate of drug-likeness (QED) is 0.0810. The Labute approximate surface area is 383 Å². The van der Waals surface area contributed by atoms with Crippen molar-refractivity contribution in [3.8, 4) is 0 Å². The Morgan fingerprint density at radius 1 is 0.516 bits per heavy atom. The zero-order chi connectivity index (χ0) is 49.1. The van der Waals surface area contributed by atoms with Crippen molar-refractivity contribution in [3.05, 3.63) is 0 Å². The molecule has 0 saturated carbocycles. The van der Waals surface area contributed by atoms with Gasteiger partial charge in [-0.15, -0.1) is 0 Å². The minimum atomic E-state index is -1.05. The number of hydrogen-bond acceptors (Lipinski definition) is 16. The van der Waals surface area contributed by atoms with Gasteiger partial charge in [0.15, 0.2) is 11.6 Å². The van der Waals surface area contributed by atoms with E-state index in [0.29, 0.717) is 71.7 Å². The topological polar surface area (TPSA) is 205 Å². The Bertz CT molecular complexity index is 1490. The number of nitrogens with one attached hydrogen (secondary N) is 3. The zero-order valence-corrected chi connectivity index (χ0v) is 42.1. The van der Waals surface area contributed by atoms with E-state index < -0.39 is 46.0 Å². The Hall–Kier alpha value is -3.55. The first kappa shape index (κ1) is 58.5. The Morgan fingerprint density at radius 2 is 0.875 bits per heavy atom.